The number of carbonyl (C=O) groups is 1. The molecule has 0 saturated heterocycles. The molecule has 0 atom stereocenters. The number of aromatic nitrogens is 2. The second-order valence-electron chi connectivity index (χ2n) is 6.08. The lowest BCUT2D eigenvalue weighted by atomic mass is 10.1. The number of phenols is 1. The first-order valence-electron chi connectivity index (χ1n) is 8.44. The number of hydrogen-bond donors (Lipinski definition) is 2. The Morgan fingerprint density at radius 1 is 1.19 bits per heavy atom. The van der Waals surface area contributed by atoms with Crippen LogP contribution in [0.2, 0.25) is 0 Å². The molecule has 3 aromatic rings. The molecule has 1 aromatic carbocycles. The average Bonchev–Trinajstić information content (AvgIpc) is 3.00. The molecule has 0 saturated carbocycles. The summed E-state index contributed by atoms with van der Waals surface area (Å²) in [6.07, 6.45) is -2.66. The topological polar surface area (TPSA) is 66.6 Å². The van der Waals surface area contributed by atoms with E-state index in [4.69, 9.17) is 0 Å². The van der Waals surface area contributed by atoms with E-state index in [1.807, 2.05) is 0 Å². The highest BCUT2D eigenvalue weighted by atomic mass is 19.4. The average molecular weight is 377 g/mol. The fourth-order valence-electron chi connectivity index (χ4n) is 2.81. The maximum absolute atomic E-state index is 13.0. The van der Waals surface area contributed by atoms with Gasteiger partial charge >= 0.3 is 6.18 Å². The van der Waals surface area contributed by atoms with E-state index in [0.29, 0.717) is 30.7 Å². The number of pyridine rings is 1. The van der Waals surface area contributed by atoms with Crippen LogP contribution in [0.4, 0.5) is 13.2 Å². The third kappa shape index (κ3) is 4.05. The molecule has 0 unspecified atom stereocenters. The molecule has 8 heteroatoms. The van der Waals surface area contributed by atoms with Gasteiger partial charge in [0.15, 0.2) is 0 Å². The van der Waals surface area contributed by atoms with Gasteiger partial charge < -0.3 is 10.4 Å². The summed E-state index contributed by atoms with van der Waals surface area (Å²) in [5.41, 5.74) is 0.929. The summed E-state index contributed by atoms with van der Waals surface area (Å²) in [6.45, 7) is 2.10. The molecular formula is C19H18F3N3O2. The van der Waals surface area contributed by atoms with Crippen LogP contribution in [-0.4, -0.2) is 26.9 Å². The molecule has 2 N–H and O–H groups in total. The SMILES string of the molecule is CCc1nc2ccc(C(F)(F)F)cn2c1C(=O)NCCc1ccc(O)cc1. The van der Waals surface area contributed by atoms with Crippen LogP contribution in [-0.2, 0) is 19.0 Å². The van der Waals surface area contributed by atoms with Gasteiger partial charge in [0.25, 0.3) is 5.91 Å². The van der Waals surface area contributed by atoms with Crippen LogP contribution in [0.5, 0.6) is 5.75 Å². The van der Waals surface area contributed by atoms with Crippen LogP contribution in [0.15, 0.2) is 42.6 Å². The number of halogens is 3. The van der Waals surface area contributed by atoms with E-state index in [2.05, 4.69) is 10.3 Å². The number of rotatable bonds is 5. The smallest absolute Gasteiger partial charge is 0.417 e. The number of hydrogen-bond acceptors (Lipinski definition) is 3. The van der Waals surface area contributed by atoms with Gasteiger partial charge in [-0.2, -0.15) is 13.2 Å². The molecule has 2 heterocycles. The summed E-state index contributed by atoms with van der Waals surface area (Å²) in [7, 11) is 0. The standard InChI is InChI=1S/C19H18F3N3O2/c1-2-15-17(18(27)23-10-9-12-3-6-14(26)7-4-12)25-11-13(19(20,21)22)5-8-16(25)24-15/h3-8,11,26H,2,9-10H2,1H3,(H,23,27). The van der Waals surface area contributed by atoms with E-state index in [0.717, 1.165) is 17.8 Å². The molecule has 0 fully saturated rings. The zero-order valence-corrected chi connectivity index (χ0v) is 14.5. The second kappa shape index (κ2) is 7.30. The molecule has 0 bridgehead atoms. The Morgan fingerprint density at radius 3 is 2.52 bits per heavy atom. The molecule has 0 aliphatic rings. The van der Waals surface area contributed by atoms with Crippen LogP contribution in [0.3, 0.4) is 0 Å². The van der Waals surface area contributed by atoms with E-state index in [1.54, 1.807) is 31.2 Å². The van der Waals surface area contributed by atoms with E-state index in [9.17, 15) is 23.1 Å². The van der Waals surface area contributed by atoms with Crippen LogP contribution in [0.25, 0.3) is 5.65 Å². The maximum atomic E-state index is 13.0. The monoisotopic (exact) mass is 377 g/mol. The number of nitrogens with zero attached hydrogens (tertiary/aromatic N) is 2. The molecule has 142 valence electrons. The first-order valence-corrected chi connectivity index (χ1v) is 8.44. The Bertz CT molecular complexity index is 963. The first-order chi connectivity index (χ1) is 12.8. The van der Waals surface area contributed by atoms with Crippen molar-refractivity contribution in [3.63, 3.8) is 0 Å². The van der Waals surface area contributed by atoms with Crippen molar-refractivity contribution in [1.82, 2.24) is 14.7 Å². The van der Waals surface area contributed by atoms with Gasteiger partial charge in [0, 0.05) is 12.7 Å². The predicted molar refractivity (Wildman–Crippen MR) is 93.7 cm³/mol. The van der Waals surface area contributed by atoms with Crippen molar-refractivity contribution < 1.29 is 23.1 Å². The number of aryl methyl sites for hydroxylation is 1. The van der Waals surface area contributed by atoms with Crippen molar-refractivity contribution in [2.75, 3.05) is 6.54 Å². The van der Waals surface area contributed by atoms with Crippen molar-refractivity contribution in [2.24, 2.45) is 0 Å². The highest BCUT2D eigenvalue weighted by molar-refractivity contribution is 5.94. The van der Waals surface area contributed by atoms with Gasteiger partial charge in [-0.15, -0.1) is 0 Å². The highest BCUT2D eigenvalue weighted by Crippen LogP contribution is 2.30. The van der Waals surface area contributed by atoms with Crippen LogP contribution < -0.4 is 5.32 Å². The lowest BCUT2D eigenvalue weighted by Crippen LogP contribution is -2.28. The third-order valence-corrected chi connectivity index (χ3v) is 4.20. The molecule has 3 rings (SSSR count). The van der Waals surface area contributed by atoms with Crippen LogP contribution in [0.1, 0.15) is 34.2 Å². The van der Waals surface area contributed by atoms with Gasteiger partial charge in [-0.1, -0.05) is 19.1 Å². The molecule has 0 aliphatic carbocycles. The second-order valence-corrected chi connectivity index (χ2v) is 6.08. The number of fused-ring (bicyclic) bond motifs is 1. The van der Waals surface area contributed by atoms with Crippen molar-refractivity contribution in [1.29, 1.82) is 0 Å². The van der Waals surface area contributed by atoms with Gasteiger partial charge in [0.2, 0.25) is 0 Å². The normalized spacial score (nSPS) is 11.7. The summed E-state index contributed by atoms with van der Waals surface area (Å²) in [5.74, 6) is -0.320. The molecule has 0 radical (unpaired) electrons. The number of imidazole rings is 1. The van der Waals surface area contributed by atoms with E-state index >= 15 is 0 Å². The van der Waals surface area contributed by atoms with Gasteiger partial charge in [0.05, 0.1) is 11.3 Å². The molecule has 5 nitrogen and oxygen atoms in total. The Labute approximate surface area is 153 Å². The highest BCUT2D eigenvalue weighted by Gasteiger charge is 2.31. The summed E-state index contributed by atoms with van der Waals surface area (Å²) in [6, 6.07) is 8.79. The van der Waals surface area contributed by atoms with E-state index in [-0.39, 0.29) is 11.4 Å². The van der Waals surface area contributed by atoms with Gasteiger partial charge in [-0.3, -0.25) is 9.20 Å². The minimum absolute atomic E-state index is 0.115. The minimum atomic E-state index is -4.50. The number of benzene rings is 1. The molecule has 0 aliphatic heterocycles. The Balaban J connectivity index is 1.82. The number of alkyl halides is 3. The van der Waals surface area contributed by atoms with Gasteiger partial charge in [-0.25, -0.2) is 4.98 Å². The molecular weight excluding hydrogens is 359 g/mol. The fraction of sp³-hybridized carbons (Fsp3) is 0.263. The first kappa shape index (κ1) is 18.8. The number of nitrogens with one attached hydrogen (secondary N) is 1. The maximum Gasteiger partial charge on any atom is 0.417 e. The van der Waals surface area contributed by atoms with Crippen molar-refractivity contribution in [3.05, 3.63) is 65.1 Å². The fourth-order valence-corrected chi connectivity index (χ4v) is 2.81. The molecule has 1 amide bonds. The Kier molecular flexibility index (Phi) is 5.07. The van der Waals surface area contributed by atoms with Crippen molar-refractivity contribution in [3.8, 4) is 5.75 Å². The quantitative estimate of drug-likeness (QED) is 0.714. The number of phenolic OH excluding ortho intramolecular Hbond substituents is 1. The third-order valence-electron chi connectivity index (χ3n) is 4.20. The summed E-state index contributed by atoms with van der Waals surface area (Å²) in [5, 5.41) is 12.0. The molecule has 2 aromatic heterocycles. The molecule has 0 spiro atoms. The van der Waals surface area contributed by atoms with Crippen LogP contribution >= 0.6 is 0 Å². The summed E-state index contributed by atoms with van der Waals surface area (Å²) >= 11 is 0. The lowest BCUT2D eigenvalue weighted by molar-refractivity contribution is -0.137. The predicted octanol–water partition coefficient (Wildman–Crippen LogP) is 3.59. The molecule has 27 heavy (non-hydrogen) atoms. The Hall–Kier alpha value is -3.03. The zero-order chi connectivity index (χ0) is 19.6. The zero-order valence-electron chi connectivity index (χ0n) is 14.5. The number of amides is 1. The number of carbonyl (C=O) groups excluding carboxylic acids is 1. The van der Waals surface area contributed by atoms with Crippen molar-refractivity contribution >= 4 is 11.6 Å². The summed E-state index contributed by atoms with van der Waals surface area (Å²) in [4.78, 5) is 16.9. The minimum Gasteiger partial charge on any atom is -0.508 e. The lowest BCUT2D eigenvalue weighted by Gasteiger charge is -2.09. The van der Waals surface area contributed by atoms with E-state index in [1.165, 1.54) is 10.5 Å². The summed E-state index contributed by atoms with van der Waals surface area (Å²) < 4.78 is 40.2. The van der Waals surface area contributed by atoms with Crippen molar-refractivity contribution in [2.45, 2.75) is 25.9 Å². The van der Waals surface area contributed by atoms with Gasteiger partial charge in [0.1, 0.15) is 17.1 Å². The largest absolute Gasteiger partial charge is 0.508 e. The Morgan fingerprint density at radius 2 is 1.89 bits per heavy atom. The van der Waals surface area contributed by atoms with Crippen LogP contribution in [0, 0.1) is 0 Å². The van der Waals surface area contributed by atoms with E-state index < -0.39 is 17.6 Å². The van der Waals surface area contributed by atoms with Gasteiger partial charge in [-0.05, 0) is 42.7 Å². The number of aromatic hydroxyl groups is 1.